The van der Waals surface area contributed by atoms with Crippen molar-refractivity contribution >= 4 is 6.03 Å². The summed E-state index contributed by atoms with van der Waals surface area (Å²) in [4.78, 5) is 11.7. The van der Waals surface area contributed by atoms with Gasteiger partial charge < -0.3 is 15.7 Å². The van der Waals surface area contributed by atoms with E-state index >= 15 is 0 Å². The molecule has 4 nitrogen and oxygen atoms in total. The molecule has 0 bridgehead atoms. The van der Waals surface area contributed by atoms with Gasteiger partial charge in [0, 0.05) is 6.04 Å². The second-order valence-corrected chi connectivity index (χ2v) is 6.19. The molecule has 1 aliphatic rings. The Bertz CT molecular complexity index is 266. The third kappa shape index (κ3) is 4.54. The topological polar surface area (TPSA) is 61.4 Å². The Hall–Kier alpha value is -0.770. The molecule has 4 heteroatoms. The van der Waals surface area contributed by atoms with Gasteiger partial charge in [-0.1, -0.05) is 20.8 Å². The summed E-state index contributed by atoms with van der Waals surface area (Å²) in [6, 6.07) is -0.0950. The number of hydrogen-bond donors (Lipinski definition) is 3. The molecule has 3 unspecified atom stereocenters. The summed E-state index contributed by atoms with van der Waals surface area (Å²) in [5.74, 6) is 0.508. The minimum atomic E-state index is -0.190. The molecule has 0 heterocycles. The van der Waals surface area contributed by atoms with Crippen molar-refractivity contribution < 1.29 is 9.90 Å². The van der Waals surface area contributed by atoms with Crippen molar-refractivity contribution in [2.75, 3.05) is 6.61 Å². The molecule has 3 atom stereocenters. The van der Waals surface area contributed by atoms with Gasteiger partial charge in [-0.15, -0.1) is 0 Å². The molecule has 0 spiro atoms. The number of carbonyl (C=O) groups is 1. The average molecular weight is 242 g/mol. The fourth-order valence-corrected chi connectivity index (χ4v) is 2.64. The quantitative estimate of drug-likeness (QED) is 0.707. The molecule has 0 aliphatic heterocycles. The van der Waals surface area contributed by atoms with Gasteiger partial charge in [0.25, 0.3) is 0 Å². The van der Waals surface area contributed by atoms with Crippen molar-refractivity contribution in [3.05, 3.63) is 0 Å². The van der Waals surface area contributed by atoms with Crippen LogP contribution in [0.3, 0.4) is 0 Å². The smallest absolute Gasteiger partial charge is 0.315 e. The van der Waals surface area contributed by atoms with E-state index in [0.717, 1.165) is 19.3 Å². The van der Waals surface area contributed by atoms with Crippen molar-refractivity contribution in [2.45, 2.75) is 59.0 Å². The van der Waals surface area contributed by atoms with Gasteiger partial charge in [0.1, 0.15) is 0 Å². The van der Waals surface area contributed by atoms with Crippen LogP contribution in [0, 0.1) is 11.3 Å². The van der Waals surface area contributed by atoms with Gasteiger partial charge in [0.15, 0.2) is 0 Å². The van der Waals surface area contributed by atoms with E-state index < -0.39 is 0 Å². The first kappa shape index (κ1) is 14.3. The fourth-order valence-electron chi connectivity index (χ4n) is 2.64. The van der Waals surface area contributed by atoms with Gasteiger partial charge in [0.2, 0.25) is 0 Å². The van der Waals surface area contributed by atoms with Crippen LogP contribution in [0.15, 0.2) is 0 Å². The Labute approximate surface area is 104 Å². The predicted molar refractivity (Wildman–Crippen MR) is 68.8 cm³/mol. The monoisotopic (exact) mass is 242 g/mol. The van der Waals surface area contributed by atoms with Crippen molar-refractivity contribution in [1.29, 1.82) is 0 Å². The zero-order chi connectivity index (χ0) is 13.1. The molecule has 0 aromatic rings. The molecular formula is C13H26N2O2. The van der Waals surface area contributed by atoms with E-state index in [1.165, 1.54) is 0 Å². The molecule has 1 aliphatic carbocycles. The number of rotatable bonds is 3. The molecule has 17 heavy (non-hydrogen) atoms. The van der Waals surface area contributed by atoms with Crippen LogP contribution in [0.2, 0.25) is 0 Å². The lowest BCUT2D eigenvalue weighted by Crippen LogP contribution is -2.50. The lowest BCUT2D eigenvalue weighted by Gasteiger charge is -2.39. The molecule has 0 aromatic carbocycles. The summed E-state index contributed by atoms with van der Waals surface area (Å²) in [6.07, 6.45) is 3.33. The van der Waals surface area contributed by atoms with Crippen molar-refractivity contribution in [3.8, 4) is 0 Å². The minimum absolute atomic E-state index is 0.0271. The summed E-state index contributed by atoms with van der Waals surface area (Å²) in [6.45, 7) is 8.52. The number of aliphatic hydroxyl groups excluding tert-OH is 1. The van der Waals surface area contributed by atoms with E-state index in [9.17, 15) is 4.79 Å². The molecule has 100 valence electrons. The van der Waals surface area contributed by atoms with Crippen molar-refractivity contribution in [3.63, 3.8) is 0 Å². The van der Waals surface area contributed by atoms with Gasteiger partial charge >= 0.3 is 6.03 Å². The molecule has 0 saturated heterocycles. The molecule has 1 rings (SSSR count). The first-order valence-electron chi connectivity index (χ1n) is 6.52. The second-order valence-electron chi connectivity index (χ2n) is 6.19. The molecular weight excluding hydrogens is 216 g/mol. The second kappa shape index (κ2) is 5.71. The highest BCUT2D eigenvalue weighted by Crippen LogP contribution is 2.38. The van der Waals surface area contributed by atoms with E-state index in [2.05, 4.69) is 31.4 Å². The molecule has 0 aromatic heterocycles. The highest BCUT2D eigenvalue weighted by molar-refractivity contribution is 5.74. The Morgan fingerprint density at radius 1 is 1.53 bits per heavy atom. The van der Waals surface area contributed by atoms with Crippen LogP contribution in [0.25, 0.3) is 0 Å². The SMILES string of the molecule is CC(CO)NC(=O)NC1CCC(C)(C)CC1C. The molecule has 1 saturated carbocycles. The van der Waals surface area contributed by atoms with Crippen LogP contribution in [0.4, 0.5) is 4.79 Å². The molecule has 3 N–H and O–H groups in total. The van der Waals surface area contributed by atoms with Crippen molar-refractivity contribution in [2.24, 2.45) is 11.3 Å². The summed E-state index contributed by atoms with van der Waals surface area (Å²) < 4.78 is 0. The van der Waals surface area contributed by atoms with Crippen LogP contribution in [0.1, 0.15) is 47.0 Å². The van der Waals surface area contributed by atoms with E-state index in [0.29, 0.717) is 11.3 Å². The first-order valence-corrected chi connectivity index (χ1v) is 6.52. The van der Waals surface area contributed by atoms with Gasteiger partial charge in [-0.2, -0.15) is 0 Å². The Balaban J connectivity index is 2.40. The van der Waals surface area contributed by atoms with Crippen LogP contribution in [0.5, 0.6) is 0 Å². The van der Waals surface area contributed by atoms with E-state index in [4.69, 9.17) is 5.11 Å². The minimum Gasteiger partial charge on any atom is -0.394 e. The molecule has 0 radical (unpaired) electrons. The summed E-state index contributed by atoms with van der Waals surface area (Å²) >= 11 is 0. The Kier molecular flexibility index (Phi) is 4.80. The number of aliphatic hydroxyl groups is 1. The summed E-state index contributed by atoms with van der Waals surface area (Å²) in [7, 11) is 0. The zero-order valence-corrected chi connectivity index (χ0v) is 11.4. The fraction of sp³-hybridized carbons (Fsp3) is 0.923. The highest BCUT2D eigenvalue weighted by Gasteiger charge is 2.33. The lowest BCUT2D eigenvalue weighted by atomic mass is 9.70. The first-order chi connectivity index (χ1) is 7.84. The highest BCUT2D eigenvalue weighted by atomic mass is 16.3. The molecule has 1 fully saturated rings. The maximum absolute atomic E-state index is 11.7. The van der Waals surface area contributed by atoms with Gasteiger partial charge in [-0.25, -0.2) is 4.79 Å². The van der Waals surface area contributed by atoms with Crippen LogP contribution in [-0.2, 0) is 0 Å². The number of urea groups is 1. The maximum atomic E-state index is 11.7. The number of nitrogens with one attached hydrogen (secondary N) is 2. The number of amides is 2. The molecule has 2 amide bonds. The number of carbonyl (C=O) groups excluding carboxylic acids is 1. The largest absolute Gasteiger partial charge is 0.394 e. The summed E-state index contributed by atoms with van der Waals surface area (Å²) in [5, 5.41) is 14.6. The zero-order valence-electron chi connectivity index (χ0n) is 11.4. The van der Waals surface area contributed by atoms with Crippen LogP contribution >= 0.6 is 0 Å². The van der Waals surface area contributed by atoms with Crippen LogP contribution in [-0.4, -0.2) is 29.8 Å². The third-order valence-electron chi connectivity index (χ3n) is 3.66. The van der Waals surface area contributed by atoms with Crippen LogP contribution < -0.4 is 10.6 Å². The average Bonchev–Trinajstić information content (AvgIpc) is 2.21. The Morgan fingerprint density at radius 3 is 2.71 bits per heavy atom. The van der Waals surface area contributed by atoms with E-state index in [-0.39, 0.29) is 24.7 Å². The van der Waals surface area contributed by atoms with Gasteiger partial charge in [-0.05, 0) is 37.5 Å². The normalized spacial score (nSPS) is 29.5. The Morgan fingerprint density at radius 2 is 2.18 bits per heavy atom. The third-order valence-corrected chi connectivity index (χ3v) is 3.66. The van der Waals surface area contributed by atoms with Gasteiger partial charge in [-0.3, -0.25) is 0 Å². The number of hydrogen-bond acceptors (Lipinski definition) is 2. The standard InChI is InChI=1S/C13H26N2O2/c1-9-7-13(3,4)6-5-11(9)15-12(17)14-10(2)8-16/h9-11,16H,5-8H2,1-4H3,(H2,14,15,17). The van der Waals surface area contributed by atoms with E-state index in [1.54, 1.807) is 6.92 Å². The van der Waals surface area contributed by atoms with E-state index in [1.807, 2.05) is 0 Å². The predicted octanol–water partition coefficient (Wildman–Crippen LogP) is 1.88. The van der Waals surface area contributed by atoms with Crippen molar-refractivity contribution in [1.82, 2.24) is 10.6 Å². The lowest BCUT2D eigenvalue weighted by molar-refractivity contribution is 0.148. The van der Waals surface area contributed by atoms with Gasteiger partial charge in [0.05, 0.1) is 12.6 Å². The summed E-state index contributed by atoms with van der Waals surface area (Å²) in [5.41, 5.74) is 0.395. The maximum Gasteiger partial charge on any atom is 0.315 e.